The maximum Gasteiger partial charge on any atom is 0.0346 e. The van der Waals surface area contributed by atoms with E-state index in [0.29, 0.717) is 0 Å². The van der Waals surface area contributed by atoms with Crippen LogP contribution < -0.4 is 5.32 Å². The van der Waals surface area contributed by atoms with Gasteiger partial charge in [-0.1, -0.05) is 24.8 Å². The number of hydrogen-bond donors (Lipinski definition) is 1. The Bertz CT molecular complexity index is 326. The van der Waals surface area contributed by atoms with Gasteiger partial charge in [0, 0.05) is 17.8 Å². The Balaban J connectivity index is 2.60. The van der Waals surface area contributed by atoms with E-state index in [2.05, 4.69) is 37.0 Å². The Kier molecular flexibility index (Phi) is 1.65. The highest BCUT2D eigenvalue weighted by Crippen LogP contribution is 2.23. The van der Waals surface area contributed by atoms with Crippen LogP contribution in [0.3, 0.4) is 0 Å². The fourth-order valence-corrected chi connectivity index (χ4v) is 1.81. The zero-order chi connectivity index (χ0) is 8.55. The van der Waals surface area contributed by atoms with E-state index >= 15 is 0 Å². The lowest BCUT2D eigenvalue weighted by molar-refractivity contribution is 0.813. The van der Waals surface area contributed by atoms with Crippen molar-refractivity contribution in [1.82, 2.24) is 5.32 Å². The van der Waals surface area contributed by atoms with E-state index in [4.69, 9.17) is 0 Å². The summed E-state index contributed by atoms with van der Waals surface area (Å²) in [5.74, 6) is 0. The third kappa shape index (κ3) is 1.02. The second-order valence-corrected chi connectivity index (χ2v) is 3.26. The Morgan fingerprint density at radius 3 is 3.00 bits per heavy atom. The molecule has 1 aromatic carbocycles. The molecule has 12 heavy (non-hydrogen) atoms. The van der Waals surface area contributed by atoms with E-state index in [1.54, 1.807) is 0 Å². The van der Waals surface area contributed by atoms with E-state index in [0.717, 1.165) is 18.7 Å². The highest BCUT2D eigenvalue weighted by molar-refractivity contribution is 5.69. The summed E-state index contributed by atoms with van der Waals surface area (Å²) in [6.45, 7) is 7.16. The number of aryl methyl sites for hydroxylation is 1. The normalized spacial score (nSPS) is 15.2. The molecule has 0 radical (unpaired) electrons. The molecule has 1 N–H and O–H groups in total. The van der Waals surface area contributed by atoms with Crippen molar-refractivity contribution in [3.8, 4) is 0 Å². The predicted octanol–water partition coefficient (Wildman–Crippen LogP) is 2.11. The second-order valence-electron chi connectivity index (χ2n) is 3.26. The minimum absolute atomic E-state index is 1.02. The molecule has 0 aromatic heterocycles. The molecule has 1 aliphatic rings. The molecule has 1 aromatic rings. The topological polar surface area (TPSA) is 12.0 Å². The van der Waals surface area contributed by atoms with Gasteiger partial charge in [0.15, 0.2) is 0 Å². The first-order valence-electron chi connectivity index (χ1n) is 4.30. The number of benzene rings is 1. The van der Waals surface area contributed by atoms with Crippen molar-refractivity contribution < 1.29 is 0 Å². The third-order valence-corrected chi connectivity index (χ3v) is 2.39. The molecule has 2 rings (SSSR count). The van der Waals surface area contributed by atoms with Crippen molar-refractivity contribution >= 4 is 5.70 Å². The average Bonchev–Trinajstić information content (AvgIpc) is 2.04. The molecule has 0 saturated carbocycles. The number of fused-ring (bicyclic) bond motifs is 1. The van der Waals surface area contributed by atoms with Crippen molar-refractivity contribution in [2.24, 2.45) is 0 Å². The quantitative estimate of drug-likeness (QED) is 0.611. The highest BCUT2D eigenvalue weighted by atomic mass is 14.9. The molecule has 0 spiro atoms. The minimum atomic E-state index is 1.02. The monoisotopic (exact) mass is 159 g/mol. The largest absolute Gasteiger partial charge is 0.385 e. The summed E-state index contributed by atoms with van der Waals surface area (Å²) < 4.78 is 0. The van der Waals surface area contributed by atoms with Gasteiger partial charge in [-0.3, -0.25) is 0 Å². The molecule has 0 bridgehead atoms. The predicted molar refractivity (Wildman–Crippen MR) is 51.9 cm³/mol. The molecular formula is C11H13N. The zero-order valence-electron chi connectivity index (χ0n) is 7.35. The van der Waals surface area contributed by atoms with Crippen LogP contribution in [0.25, 0.3) is 5.70 Å². The lowest BCUT2D eigenvalue weighted by Crippen LogP contribution is -2.22. The first-order valence-corrected chi connectivity index (χ1v) is 4.30. The maximum atomic E-state index is 4.01. The number of nitrogens with one attached hydrogen (secondary N) is 1. The van der Waals surface area contributed by atoms with Crippen LogP contribution in [0.5, 0.6) is 0 Å². The lowest BCUT2D eigenvalue weighted by Gasteiger charge is -2.21. The van der Waals surface area contributed by atoms with Gasteiger partial charge in [0.25, 0.3) is 0 Å². The van der Waals surface area contributed by atoms with E-state index in [-0.39, 0.29) is 0 Å². The van der Waals surface area contributed by atoms with Gasteiger partial charge in [0.2, 0.25) is 0 Å². The summed E-state index contributed by atoms with van der Waals surface area (Å²) in [4.78, 5) is 0. The van der Waals surface area contributed by atoms with Crippen LogP contribution >= 0.6 is 0 Å². The van der Waals surface area contributed by atoms with Gasteiger partial charge in [-0.2, -0.15) is 0 Å². The third-order valence-electron chi connectivity index (χ3n) is 2.39. The van der Waals surface area contributed by atoms with Crippen LogP contribution in [-0.2, 0) is 6.42 Å². The molecule has 0 aliphatic carbocycles. The van der Waals surface area contributed by atoms with Crippen molar-refractivity contribution in [3.63, 3.8) is 0 Å². The molecule has 0 saturated heterocycles. The summed E-state index contributed by atoms with van der Waals surface area (Å²) >= 11 is 0. The maximum absolute atomic E-state index is 4.01. The van der Waals surface area contributed by atoms with Crippen molar-refractivity contribution in [2.45, 2.75) is 13.3 Å². The molecular weight excluding hydrogens is 146 g/mol. The van der Waals surface area contributed by atoms with Crippen molar-refractivity contribution in [2.75, 3.05) is 6.54 Å². The van der Waals surface area contributed by atoms with Gasteiger partial charge >= 0.3 is 0 Å². The molecule has 1 heterocycles. The summed E-state index contributed by atoms with van der Waals surface area (Å²) in [6, 6.07) is 6.44. The first kappa shape index (κ1) is 7.41. The van der Waals surface area contributed by atoms with Crippen LogP contribution in [0.15, 0.2) is 24.8 Å². The number of hydrogen-bond acceptors (Lipinski definition) is 1. The van der Waals surface area contributed by atoms with Gasteiger partial charge in [0.05, 0.1) is 0 Å². The SMILES string of the molecule is C=C1NCCc2cccc(C)c21. The van der Waals surface area contributed by atoms with E-state index in [1.165, 1.54) is 16.7 Å². The molecule has 1 nitrogen and oxygen atoms in total. The van der Waals surface area contributed by atoms with Crippen molar-refractivity contribution in [1.29, 1.82) is 0 Å². The standard InChI is InChI=1S/C11H13N/c1-8-4-3-5-10-6-7-12-9(2)11(8)10/h3-5,12H,2,6-7H2,1H3. The molecule has 0 atom stereocenters. The smallest absolute Gasteiger partial charge is 0.0346 e. The van der Waals surface area contributed by atoms with Gasteiger partial charge in [-0.25, -0.2) is 0 Å². The Morgan fingerprint density at radius 1 is 1.42 bits per heavy atom. The van der Waals surface area contributed by atoms with Crippen molar-refractivity contribution in [3.05, 3.63) is 41.5 Å². The summed E-state index contributed by atoms with van der Waals surface area (Å²) in [6.07, 6.45) is 1.12. The molecule has 0 fully saturated rings. The Labute approximate surface area is 73.1 Å². The first-order chi connectivity index (χ1) is 5.79. The van der Waals surface area contributed by atoms with E-state index in [9.17, 15) is 0 Å². The van der Waals surface area contributed by atoms with Gasteiger partial charge < -0.3 is 5.32 Å². The minimum Gasteiger partial charge on any atom is -0.385 e. The second kappa shape index (κ2) is 2.67. The summed E-state index contributed by atoms with van der Waals surface area (Å²) in [7, 11) is 0. The molecule has 0 amide bonds. The van der Waals surface area contributed by atoms with E-state index in [1.807, 2.05) is 0 Å². The van der Waals surface area contributed by atoms with Crippen LogP contribution in [0, 0.1) is 6.92 Å². The Morgan fingerprint density at radius 2 is 2.25 bits per heavy atom. The molecule has 62 valence electrons. The van der Waals surface area contributed by atoms with Crippen LogP contribution in [0.4, 0.5) is 0 Å². The zero-order valence-corrected chi connectivity index (χ0v) is 7.35. The van der Waals surface area contributed by atoms with Gasteiger partial charge in [-0.05, 0) is 24.5 Å². The van der Waals surface area contributed by atoms with Gasteiger partial charge in [0.1, 0.15) is 0 Å². The summed E-state index contributed by atoms with van der Waals surface area (Å²) in [5.41, 5.74) is 5.15. The molecule has 0 unspecified atom stereocenters. The van der Waals surface area contributed by atoms with E-state index < -0.39 is 0 Å². The average molecular weight is 159 g/mol. The van der Waals surface area contributed by atoms with Crippen LogP contribution in [-0.4, -0.2) is 6.54 Å². The number of rotatable bonds is 0. The van der Waals surface area contributed by atoms with Gasteiger partial charge in [-0.15, -0.1) is 0 Å². The van der Waals surface area contributed by atoms with Crippen LogP contribution in [0.2, 0.25) is 0 Å². The Hall–Kier alpha value is -1.24. The van der Waals surface area contributed by atoms with Crippen LogP contribution in [0.1, 0.15) is 16.7 Å². The highest BCUT2D eigenvalue weighted by Gasteiger charge is 2.12. The molecule has 1 heteroatoms. The fraction of sp³-hybridized carbons (Fsp3) is 0.273. The fourth-order valence-electron chi connectivity index (χ4n) is 1.81. The lowest BCUT2D eigenvalue weighted by atomic mass is 9.95. The molecule has 1 aliphatic heterocycles. The summed E-state index contributed by atoms with van der Waals surface area (Å²) in [5, 5.41) is 3.28.